The molecule has 2 N–H and O–H groups in total. The topological polar surface area (TPSA) is 67.4 Å². The Morgan fingerprint density at radius 3 is 1.31 bits per heavy atom. The Morgan fingerprint density at radius 1 is 0.621 bits per heavy atom. The summed E-state index contributed by atoms with van der Waals surface area (Å²) < 4.78 is 5.87. The van der Waals surface area contributed by atoms with Crippen LogP contribution in [0.1, 0.15) is 51.4 Å². The molecular weight excluding hydrogens is 364 g/mol. The summed E-state index contributed by atoms with van der Waals surface area (Å²) in [5.41, 5.74) is 1.58. The van der Waals surface area contributed by atoms with Gasteiger partial charge in [-0.25, -0.2) is 0 Å². The van der Waals surface area contributed by atoms with Gasteiger partial charge >= 0.3 is 0 Å². The fourth-order valence-electron chi connectivity index (χ4n) is 4.21. The molecule has 0 saturated heterocycles. The maximum Gasteiger partial charge on any atom is 0.227 e. The van der Waals surface area contributed by atoms with Gasteiger partial charge in [-0.15, -0.1) is 0 Å². The predicted molar refractivity (Wildman–Crippen MR) is 114 cm³/mol. The van der Waals surface area contributed by atoms with Crippen molar-refractivity contribution in [2.75, 3.05) is 10.6 Å². The molecule has 0 atom stereocenters. The van der Waals surface area contributed by atoms with Crippen LogP contribution in [-0.4, -0.2) is 11.8 Å². The highest BCUT2D eigenvalue weighted by atomic mass is 16.5. The number of ether oxygens (including phenoxy) is 1. The molecule has 4 rings (SSSR count). The standard InChI is InChI=1S/C24H28N2O3/c27-23(17-5-1-2-6-17)25-19-9-13-21(14-10-19)29-22-15-11-20(12-16-22)26-24(28)18-7-3-4-8-18/h9-18H,1-8H2,(H,25,27)(H,26,28). The summed E-state index contributed by atoms with van der Waals surface area (Å²) in [5.74, 6) is 1.94. The van der Waals surface area contributed by atoms with Crippen LogP contribution in [-0.2, 0) is 9.59 Å². The SMILES string of the molecule is O=C(Nc1ccc(Oc2ccc(NC(=O)C3CCCC3)cc2)cc1)C1CCCC1. The zero-order chi connectivity index (χ0) is 20.1. The molecule has 29 heavy (non-hydrogen) atoms. The van der Waals surface area contributed by atoms with Crippen LogP contribution in [0.5, 0.6) is 11.5 Å². The molecule has 2 aliphatic rings. The van der Waals surface area contributed by atoms with Gasteiger partial charge in [0.2, 0.25) is 11.8 Å². The molecule has 2 aromatic rings. The summed E-state index contributed by atoms with van der Waals surface area (Å²) in [6, 6.07) is 14.8. The highest BCUT2D eigenvalue weighted by molar-refractivity contribution is 5.93. The van der Waals surface area contributed by atoms with Gasteiger partial charge in [-0.2, -0.15) is 0 Å². The number of hydrogen-bond donors (Lipinski definition) is 2. The zero-order valence-corrected chi connectivity index (χ0v) is 16.7. The van der Waals surface area contributed by atoms with Gasteiger partial charge in [0.05, 0.1) is 0 Å². The van der Waals surface area contributed by atoms with E-state index in [4.69, 9.17) is 4.74 Å². The Hall–Kier alpha value is -2.82. The van der Waals surface area contributed by atoms with Crippen molar-refractivity contribution >= 4 is 23.2 Å². The number of carbonyl (C=O) groups is 2. The van der Waals surface area contributed by atoms with E-state index in [1.165, 1.54) is 0 Å². The van der Waals surface area contributed by atoms with Crippen molar-refractivity contribution in [1.82, 2.24) is 0 Å². The van der Waals surface area contributed by atoms with Crippen LogP contribution in [0.2, 0.25) is 0 Å². The molecule has 0 aromatic heterocycles. The quantitative estimate of drug-likeness (QED) is 0.659. The van der Waals surface area contributed by atoms with E-state index in [1.807, 2.05) is 48.5 Å². The van der Waals surface area contributed by atoms with Crippen LogP contribution in [0.25, 0.3) is 0 Å². The Balaban J connectivity index is 1.29. The molecule has 2 saturated carbocycles. The van der Waals surface area contributed by atoms with Crippen LogP contribution in [0.15, 0.2) is 48.5 Å². The fraction of sp³-hybridized carbons (Fsp3) is 0.417. The van der Waals surface area contributed by atoms with Crippen LogP contribution in [0.4, 0.5) is 11.4 Å². The van der Waals surface area contributed by atoms with Crippen LogP contribution >= 0.6 is 0 Å². The molecule has 2 fully saturated rings. The second-order valence-electron chi connectivity index (χ2n) is 8.09. The average molecular weight is 392 g/mol. The first-order valence-corrected chi connectivity index (χ1v) is 10.7. The van der Waals surface area contributed by atoms with E-state index in [1.54, 1.807) is 0 Å². The van der Waals surface area contributed by atoms with E-state index < -0.39 is 0 Å². The van der Waals surface area contributed by atoms with E-state index in [0.717, 1.165) is 62.7 Å². The van der Waals surface area contributed by atoms with Gasteiger partial charge < -0.3 is 15.4 Å². The number of hydrogen-bond acceptors (Lipinski definition) is 3. The summed E-state index contributed by atoms with van der Waals surface area (Å²) >= 11 is 0. The summed E-state index contributed by atoms with van der Waals surface area (Å²) in [6.07, 6.45) is 8.55. The van der Waals surface area contributed by atoms with E-state index in [9.17, 15) is 9.59 Å². The molecule has 2 aliphatic carbocycles. The van der Waals surface area contributed by atoms with Crippen LogP contribution in [0.3, 0.4) is 0 Å². The largest absolute Gasteiger partial charge is 0.457 e. The zero-order valence-electron chi connectivity index (χ0n) is 16.7. The van der Waals surface area contributed by atoms with Crippen molar-refractivity contribution in [2.45, 2.75) is 51.4 Å². The summed E-state index contributed by atoms with van der Waals surface area (Å²) in [7, 11) is 0. The Bertz CT molecular complexity index is 762. The minimum atomic E-state index is 0.117. The Morgan fingerprint density at radius 2 is 0.966 bits per heavy atom. The third kappa shape index (κ3) is 5.17. The van der Waals surface area contributed by atoms with E-state index >= 15 is 0 Å². The maximum atomic E-state index is 12.2. The molecule has 0 bridgehead atoms. The van der Waals surface area contributed by atoms with Gasteiger partial charge in [0, 0.05) is 23.2 Å². The van der Waals surface area contributed by atoms with Gasteiger partial charge in [-0.05, 0) is 74.2 Å². The molecule has 0 spiro atoms. The first-order chi connectivity index (χ1) is 14.2. The predicted octanol–water partition coefficient (Wildman–Crippen LogP) is 5.74. The molecule has 0 radical (unpaired) electrons. The minimum Gasteiger partial charge on any atom is -0.457 e. The lowest BCUT2D eigenvalue weighted by atomic mass is 10.1. The second-order valence-corrected chi connectivity index (χ2v) is 8.09. The lowest BCUT2D eigenvalue weighted by Crippen LogP contribution is -2.20. The first kappa shape index (κ1) is 19.5. The first-order valence-electron chi connectivity index (χ1n) is 10.7. The van der Waals surface area contributed by atoms with Crippen LogP contribution in [0, 0.1) is 11.8 Å². The summed E-state index contributed by atoms with van der Waals surface area (Å²) in [6.45, 7) is 0. The van der Waals surface area contributed by atoms with E-state index in [0.29, 0.717) is 11.5 Å². The molecule has 5 heteroatoms. The van der Waals surface area contributed by atoms with Crippen molar-refractivity contribution in [2.24, 2.45) is 11.8 Å². The number of nitrogens with one attached hydrogen (secondary N) is 2. The average Bonchev–Trinajstić information content (AvgIpc) is 3.45. The highest BCUT2D eigenvalue weighted by Gasteiger charge is 2.23. The molecule has 0 aliphatic heterocycles. The smallest absolute Gasteiger partial charge is 0.227 e. The lowest BCUT2D eigenvalue weighted by Gasteiger charge is -2.12. The molecule has 2 amide bonds. The lowest BCUT2D eigenvalue weighted by molar-refractivity contribution is -0.120. The molecule has 152 valence electrons. The van der Waals surface area contributed by atoms with E-state index in [-0.39, 0.29) is 23.7 Å². The minimum absolute atomic E-state index is 0.117. The number of benzene rings is 2. The third-order valence-corrected chi connectivity index (χ3v) is 5.93. The second kappa shape index (κ2) is 9.12. The van der Waals surface area contributed by atoms with Crippen molar-refractivity contribution in [1.29, 1.82) is 0 Å². The summed E-state index contributed by atoms with van der Waals surface area (Å²) in [4.78, 5) is 24.4. The molecule has 0 unspecified atom stereocenters. The number of rotatable bonds is 6. The van der Waals surface area contributed by atoms with E-state index in [2.05, 4.69) is 10.6 Å². The molecular formula is C24H28N2O3. The number of carbonyl (C=O) groups excluding carboxylic acids is 2. The van der Waals surface area contributed by atoms with Gasteiger partial charge in [0.25, 0.3) is 0 Å². The van der Waals surface area contributed by atoms with Gasteiger partial charge in [0.15, 0.2) is 0 Å². The van der Waals surface area contributed by atoms with Crippen molar-refractivity contribution in [3.05, 3.63) is 48.5 Å². The summed E-state index contributed by atoms with van der Waals surface area (Å²) in [5, 5.41) is 5.98. The van der Waals surface area contributed by atoms with Gasteiger partial charge in [-0.1, -0.05) is 25.7 Å². The Labute approximate surface area is 171 Å². The van der Waals surface area contributed by atoms with Crippen molar-refractivity contribution in [3.8, 4) is 11.5 Å². The number of amides is 2. The third-order valence-electron chi connectivity index (χ3n) is 5.93. The normalized spacial score (nSPS) is 17.2. The van der Waals surface area contributed by atoms with Crippen LogP contribution < -0.4 is 15.4 Å². The molecule has 2 aromatic carbocycles. The highest BCUT2D eigenvalue weighted by Crippen LogP contribution is 2.29. The fourth-order valence-corrected chi connectivity index (χ4v) is 4.21. The molecule has 0 heterocycles. The van der Waals surface area contributed by atoms with Gasteiger partial charge in [0.1, 0.15) is 11.5 Å². The van der Waals surface area contributed by atoms with Crippen molar-refractivity contribution < 1.29 is 14.3 Å². The van der Waals surface area contributed by atoms with Gasteiger partial charge in [-0.3, -0.25) is 9.59 Å². The molecule has 5 nitrogen and oxygen atoms in total. The monoisotopic (exact) mass is 392 g/mol. The maximum absolute atomic E-state index is 12.2. The number of anilines is 2. The van der Waals surface area contributed by atoms with Crippen molar-refractivity contribution in [3.63, 3.8) is 0 Å². The Kier molecular flexibility index (Phi) is 6.13.